The molecule has 1 aliphatic heterocycles. The highest BCUT2D eigenvalue weighted by molar-refractivity contribution is 5.95. The second-order valence-corrected chi connectivity index (χ2v) is 6.58. The van der Waals surface area contributed by atoms with E-state index < -0.39 is 0 Å². The SMILES string of the molecule is N#CN1CC[C@H](C(=O)Nc2ccc3c(cnn3Cc3ccccc3)c2)C1. The molecule has 0 aliphatic carbocycles. The van der Waals surface area contributed by atoms with Crippen LogP contribution in [0.25, 0.3) is 10.9 Å². The maximum atomic E-state index is 12.4. The molecule has 0 bridgehead atoms. The second-order valence-electron chi connectivity index (χ2n) is 6.58. The molecule has 0 radical (unpaired) electrons. The predicted molar refractivity (Wildman–Crippen MR) is 99.2 cm³/mol. The molecule has 1 amide bonds. The number of hydrogen-bond donors (Lipinski definition) is 1. The third kappa shape index (κ3) is 3.24. The Labute approximate surface area is 151 Å². The number of carbonyl (C=O) groups is 1. The first-order valence-corrected chi connectivity index (χ1v) is 8.68. The first kappa shape index (κ1) is 16.2. The summed E-state index contributed by atoms with van der Waals surface area (Å²) >= 11 is 0. The Morgan fingerprint density at radius 1 is 1.27 bits per heavy atom. The molecule has 1 aliphatic rings. The Morgan fingerprint density at radius 2 is 2.12 bits per heavy atom. The number of hydrogen-bond acceptors (Lipinski definition) is 4. The number of rotatable bonds is 4. The van der Waals surface area contributed by atoms with Crippen LogP contribution in [0.3, 0.4) is 0 Å². The average Bonchev–Trinajstić information content (AvgIpc) is 3.30. The molecule has 0 spiro atoms. The highest BCUT2D eigenvalue weighted by Gasteiger charge is 2.27. The summed E-state index contributed by atoms with van der Waals surface area (Å²) in [5, 5.41) is 17.3. The molecule has 1 aromatic heterocycles. The summed E-state index contributed by atoms with van der Waals surface area (Å²) in [6.45, 7) is 1.86. The van der Waals surface area contributed by atoms with Gasteiger partial charge < -0.3 is 10.2 Å². The highest BCUT2D eigenvalue weighted by Crippen LogP contribution is 2.22. The van der Waals surface area contributed by atoms with Crippen molar-refractivity contribution >= 4 is 22.5 Å². The van der Waals surface area contributed by atoms with Crippen LogP contribution in [0.4, 0.5) is 5.69 Å². The van der Waals surface area contributed by atoms with Crippen molar-refractivity contribution < 1.29 is 4.79 Å². The topological polar surface area (TPSA) is 74.0 Å². The van der Waals surface area contributed by atoms with Crippen LogP contribution in [0.15, 0.2) is 54.7 Å². The van der Waals surface area contributed by atoms with Gasteiger partial charge in [-0.25, -0.2) is 0 Å². The fraction of sp³-hybridized carbons (Fsp3) is 0.250. The minimum Gasteiger partial charge on any atom is -0.326 e. The van der Waals surface area contributed by atoms with E-state index in [1.165, 1.54) is 5.56 Å². The molecule has 1 atom stereocenters. The van der Waals surface area contributed by atoms with Crippen LogP contribution in [0.1, 0.15) is 12.0 Å². The number of likely N-dealkylation sites (tertiary alicyclic amines) is 1. The van der Waals surface area contributed by atoms with Crippen molar-refractivity contribution in [2.24, 2.45) is 5.92 Å². The van der Waals surface area contributed by atoms with Crippen LogP contribution in [-0.4, -0.2) is 33.7 Å². The van der Waals surface area contributed by atoms with Crippen LogP contribution in [0.5, 0.6) is 0 Å². The van der Waals surface area contributed by atoms with E-state index in [-0.39, 0.29) is 11.8 Å². The molecule has 1 saturated heterocycles. The molecule has 6 heteroatoms. The Morgan fingerprint density at radius 3 is 2.88 bits per heavy atom. The Bertz CT molecular complexity index is 973. The number of fused-ring (bicyclic) bond motifs is 1. The predicted octanol–water partition coefficient (Wildman–Crippen LogP) is 2.83. The summed E-state index contributed by atoms with van der Waals surface area (Å²) < 4.78 is 1.96. The number of amides is 1. The monoisotopic (exact) mass is 345 g/mol. The van der Waals surface area contributed by atoms with Crippen LogP contribution in [0.2, 0.25) is 0 Å². The lowest BCUT2D eigenvalue weighted by atomic mass is 10.1. The first-order chi connectivity index (χ1) is 12.7. The van der Waals surface area contributed by atoms with Crippen molar-refractivity contribution in [1.29, 1.82) is 5.26 Å². The molecule has 1 N–H and O–H groups in total. The molecule has 1 fully saturated rings. The standard InChI is InChI=1S/C20H19N5O/c21-14-24-9-8-16(13-24)20(26)23-18-6-7-19-17(10-18)11-22-25(19)12-15-4-2-1-3-5-15/h1-7,10-11,16H,8-9,12-13H2,(H,23,26)/t16-/m0/s1. The van der Waals surface area contributed by atoms with Crippen molar-refractivity contribution in [1.82, 2.24) is 14.7 Å². The van der Waals surface area contributed by atoms with Gasteiger partial charge in [0.1, 0.15) is 0 Å². The van der Waals surface area contributed by atoms with Gasteiger partial charge in [0.25, 0.3) is 0 Å². The second kappa shape index (κ2) is 6.89. The molecule has 3 aromatic rings. The van der Waals surface area contributed by atoms with Gasteiger partial charge >= 0.3 is 0 Å². The maximum Gasteiger partial charge on any atom is 0.229 e. The number of anilines is 1. The zero-order valence-electron chi connectivity index (χ0n) is 14.3. The molecule has 26 heavy (non-hydrogen) atoms. The van der Waals surface area contributed by atoms with Gasteiger partial charge in [-0.3, -0.25) is 9.48 Å². The highest BCUT2D eigenvalue weighted by atomic mass is 16.1. The van der Waals surface area contributed by atoms with Gasteiger partial charge in [-0.15, -0.1) is 0 Å². The molecular formula is C20H19N5O. The van der Waals surface area contributed by atoms with Gasteiger partial charge in [0.05, 0.1) is 24.2 Å². The fourth-order valence-electron chi connectivity index (χ4n) is 3.36. The largest absolute Gasteiger partial charge is 0.326 e. The molecule has 0 saturated carbocycles. The van der Waals surface area contributed by atoms with Gasteiger partial charge in [-0.2, -0.15) is 10.4 Å². The van der Waals surface area contributed by atoms with E-state index in [1.807, 2.05) is 47.3 Å². The van der Waals surface area contributed by atoms with E-state index in [1.54, 1.807) is 4.90 Å². The van der Waals surface area contributed by atoms with Gasteiger partial charge in [-0.05, 0) is 30.2 Å². The smallest absolute Gasteiger partial charge is 0.229 e. The molecule has 0 unspecified atom stereocenters. The lowest BCUT2D eigenvalue weighted by Crippen LogP contribution is -2.25. The fourth-order valence-corrected chi connectivity index (χ4v) is 3.36. The summed E-state index contributed by atoms with van der Waals surface area (Å²) in [6.07, 6.45) is 4.64. The number of nitrogens with one attached hydrogen (secondary N) is 1. The summed E-state index contributed by atoms with van der Waals surface area (Å²) in [7, 11) is 0. The molecule has 4 rings (SSSR count). The molecule has 2 aromatic carbocycles. The van der Waals surface area contributed by atoms with Crippen molar-refractivity contribution in [3.05, 3.63) is 60.3 Å². The van der Waals surface area contributed by atoms with Crippen LogP contribution in [0, 0.1) is 17.4 Å². The lowest BCUT2D eigenvalue weighted by molar-refractivity contribution is -0.119. The van der Waals surface area contributed by atoms with E-state index in [9.17, 15) is 4.79 Å². The minimum atomic E-state index is -0.133. The van der Waals surface area contributed by atoms with Gasteiger partial charge in [-0.1, -0.05) is 30.3 Å². The van der Waals surface area contributed by atoms with E-state index in [4.69, 9.17) is 5.26 Å². The van der Waals surface area contributed by atoms with Crippen molar-refractivity contribution in [3.8, 4) is 6.19 Å². The molecule has 130 valence electrons. The quantitative estimate of drug-likeness (QED) is 0.738. The number of nitriles is 1. The van der Waals surface area contributed by atoms with Crippen LogP contribution >= 0.6 is 0 Å². The zero-order valence-corrected chi connectivity index (χ0v) is 14.3. The molecular weight excluding hydrogens is 326 g/mol. The molecule has 2 heterocycles. The molecule has 6 nitrogen and oxygen atoms in total. The van der Waals surface area contributed by atoms with Crippen LogP contribution < -0.4 is 5.32 Å². The van der Waals surface area contributed by atoms with E-state index in [0.29, 0.717) is 19.6 Å². The van der Waals surface area contributed by atoms with Crippen molar-refractivity contribution in [2.75, 3.05) is 18.4 Å². The van der Waals surface area contributed by atoms with E-state index in [2.05, 4.69) is 28.7 Å². The summed E-state index contributed by atoms with van der Waals surface area (Å²) in [5.41, 5.74) is 2.98. The maximum absolute atomic E-state index is 12.4. The van der Waals surface area contributed by atoms with Gasteiger partial charge in [0, 0.05) is 24.2 Å². The number of nitrogens with zero attached hydrogens (tertiary/aromatic N) is 4. The third-order valence-corrected chi connectivity index (χ3v) is 4.78. The summed E-state index contributed by atoms with van der Waals surface area (Å²) in [5.74, 6) is -0.162. The number of aromatic nitrogens is 2. The Kier molecular flexibility index (Phi) is 4.28. The summed E-state index contributed by atoms with van der Waals surface area (Å²) in [4.78, 5) is 14.0. The Hall–Kier alpha value is -3.33. The van der Waals surface area contributed by atoms with Crippen molar-refractivity contribution in [3.63, 3.8) is 0 Å². The van der Waals surface area contributed by atoms with Gasteiger partial charge in [0.15, 0.2) is 6.19 Å². The summed E-state index contributed by atoms with van der Waals surface area (Å²) in [6, 6.07) is 16.0. The lowest BCUT2D eigenvalue weighted by Gasteiger charge is -2.11. The average molecular weight is 345 g/mol. The minimum absolute atomic E-state index is 0.0289. The zero-order chi connectivity index (χ0) is 17.9. The normalized spacial score (nSPS) is 16.6. The van der Waals surface area contributed by atoms with Gasteiger partial charge in [0.2, 0.25) is 5.91 Å². The first-order valence-electron chi connectivity index (χ1n) is 8.68. The number of benzene rings is 2. The van der Waals surface area contributed by atoms with Crippen LogP contribution in [-0.2, 0) is 11.3 Å². The number of carbonyl (C=O) groups excluding carboxylic acids is 1. The Balaban J connectivity index is 1.48. The van der Waals surface area contributed by atoms with E-state index >= 15 is 0 Å². The van der Waals surface area contributed by atoms with E-state index in [0.717, 1.165) is 23.0 Å². The third-order valence-electron chi connectivity index (χ3n) is 4.78. The van der Waals surface area contributed by atoms with Crippen molar-refractivity contribution in [2.45, 2.75) is 13.0 Å².